The van der Waals surface area contributed by atoms with Gasteiger partial charge in [-0.2, -0.15) is 13.2 Å². The number of halogens is 3. The summed E-state index contributed by atoms with van der Waals surface area (Å²) in [6.07, 6.45) is -4.62. The van der Waals surface area contributed by atoms with Crippen molar-refractivity contribution >= 4 is 17.7 Å². The minimum Gasteiger partial charge on any atom is -0.489 e. The Kier molecular flexibility index (Phi) is 6.46. The Bertz CT molecular complexity index is 995. The Hall–Kier alpha value is -2.97. The van der Waals surface area contributed by atoms with E-state index in [0.29, 0.717) is 17.3 Å². The van der Waals surface area contributed by atoms with Crippen LogP contribution in [0.1, 0.15) is 21.5 Å². The van der Waals surface area contributed by atoms with Crippen molar-refractivity contribution in [3.8, 4) is 5.75 Å². The molecule has 0 unspecified atom stereocenters. The van der Waals surface area contributed by atoms with E-state index in [2.05, 4.69) is 0 Å². The average Bonchev–Trinajstić information content (AvgIpc) is 2.72. The molecule has 1 amide bonds. The van der Waals surface area contributed by atoms with Gasteiger partial charge in [-0.3, -0.25) is 10.2 Å². The number of ether oxygens (including phenoxy) is 1. The number of alkyl halides is 3. The zero-order chi connectivity index (χ0) is 20.9. The molecule has 150 valence electrons. The summed E-state index contributed by atoms with van der Waals surface area (Å²) in [6, 6.07) is 19.7. The van der Waals surface area contributed by atoms with Crippen LogP contribution in [0.3, 0.4) is 0 Å². The van der Waals surface area contributed by atoms with Gasteiger partial charge in [-0.05, 0) is 42.0 Å². The van der Waals surface area contributed by atoms with Gasteiger partial charge in [-0.15, -0.1) is 0 Å². The first-order chi connectivity index (χ1) is 13.9. The predicted octanol–water partition coefficient (Wildman–Crippen LogP) is 5.04. The number of nitrogens with two attached hydrogens (primary N) is 1. The largest absolute Gasteiger partial charge is 0.489 e. The molecule has 0 aromatic heterocycles. The van der Waals surface area contributed by atoms with Gasteiger partial charge in [0, 0.05) is 15.4 Å². The van der Waals surface area contributed by atoms with E-state index in [4.69, 9.17) is 10.6 Å². The Labute approximate surface area is 169 Å². The second kappa shape index (κ2) is 9.02. The summed E-state index contributed by atoms with van der Waals surface area (Å²) in [4.78, 5) is 12.1. The van der Waals surface area contributed by atoms with E-state index in [0.717, 1.165) is 23.4 Å². The minimum atomic E-state index is -4.62. The van der Waals surface area contributed by atoms with Crippen molar-refractivity contribution in [1.29, 1.82) is 0 Å². The highest BCUT2D eigenvalue weighted by atomic mass is 32.2. The first-order valence-corrected chi connectivity index (χ1v) is 9.35. The van der Waals surface area contributed by atoms with Gasteiger partial charge in [-0.25, -0.2) is 5.84 Å². The molecule has 0 saturated carbocycles. The lowest BCUT2D eigenvalue weighted by atomic mass is 10.1. The summed E-state index contributed by atoms with van der Waals surface area (Å²) in [5.41, 5.74) is 1.75. The van der Waals surface area contributed by atoms with E-state index in [1.54, 1.807) is 24.3 Å². The maximum Gasteiger partial charge on any atom is 0.417 e. The lowest BCUT2D eigenvalue weighted by molar-refractivity contribution is -0.139. The van der Waals surface area contributed by atoms with Gasteiger partial charge in [0.25, 0.3) is 5.91 Å². The monoisotopic (exact) mass is 418 g/mol. The van der Waals surface area contributed by atoms with E-state index >= 15 is 0 Å². The number of carbonyl (C=O) groups is 1. The van der Waals surface area contributed by atoms with Crippen LogP contribution in [0.25, 0.3) is 0 Å². The van der Waals surface area contributed by atoms with E-state index in [1.165, 1.54) is 12.1 Å². The van der Waals surface area contributed by atoms with Crippen LogP contribution in [-0.2, 0) is 12.8 Å². The third-order valence-corrected chi connectivity index (χ3v) is 5.03. The minimum absolute atomic E-state index is 0.0220. The zero-order valence-corrected chi connectivity index (χ0v) is 15.9. The number of rotatable bonds is 6. The van der Waals surface area contributed by atoms with E-state index in [-0.39, 0.29) is 10.5 Å². The molecule has 0 saturated heterocycles. The fraction of sp³-hybridized carbons (Fsp3) is 0.0952. The van der Waals surface area contributed by atoms with Crippen molar-refractivity contribution in [3.05, 3.63) is 89.5 Å². The molecule has 29 heavy (non-hydrogen) atoms. The average molecular weight is 418 g/mol. The summed E-state index contributed by atoms with van der Waals surface area (Å²) in [5, 5.41) is 0. The number of nitrogens with one attached hydrogen (secondary N) is 1. The molecular weight excluding hydrogens is 401 g/mol. The fourth-order valence-corrected chi connectivity index (χ4v) is 3.56. The molecule has 0 fully saturated rings. The first-order valence-electron chi connectivity index (χ1n) is 8.53. The number of hydrogen-bond donors (Lipinski definition) is 2. The number of carbonyl (C=O) groups excluding carboxylic acids is 1. The van der Waals surface area contributed by atoms with Crippen LogP contribution in [0.4, 0.5) is 13.2 Å². The number of benzene rings is 3. The van der Waals surface area contributed by atoms with Crippen LogP contribution in [0, 0.1) is 0 Å². The molecule has 3 N–H and O–H groups in total. The molecule has 3 aromatic rings. The van der Waals surface area contributed by atoms with Crippen molar-refractivity contribution < 1.29 is 22.7 Å². The number of amides is 1. The van der Waals surface area contributed by atoms with E-state index < -0.39 is 17.6 Å². The smallest absolute Gasteiger partial charge is 0.417 e. The highest BCUT2D eigenvalue weighted by Gasteiger charge is 2.34. The maximum absolute atomic E-state index is 13.5. The standard InChI is InChI=1S/C21H17F3N2O2S/c22-21(23,24)18-11-15(20(27)26-25)9-10-19(18)29-17-8-4-7-16(12-17)28-13-14-5-2-1-3-6-14/h1-12H,13,25H2,(H,26,27). The lowest BCUT2D eigenvalue weighted by Crippen LogP contribution is -2.30. The number of hydrogen-bond acceptors (Lipinski definition) is 4. The van der Waals surface area contributed by atoms with Crippen LogP contribution in [-0.4, -0.2) is 5.91 Å². The Morgan fingerprint density at radius 2 is 1.76 bits per heavy atom. The van der Waals surface area contributed by atoms with Gasteiger partial charge in [0.15, 0.2) is 0 Å². The van der Waals surface area contributed by atoms with Crippen molar-refractivity contribution in [2.45, 2.75) is 22.6 Å². The maximum atomic E-state index is 13.5. The number of hydrazine groups is 1. The molecule has 0 bridgehead atoms. The molecule has 0 heterocycles. The molecule has 8 heteroatoms. The summed E-state index contributed by atoms with van der Waals surface area (Å²) in [7, 11) is 0. The highest BCUT2D eigenvalue weighted by molar-refractivity contribution is 7.99. The summed E-state index contributed by atoms with van der Waals surface area (Å²) in [6.45, 7) is 0.353. The van der Waals surface area contributed by atoms with Crippen molar-refractivity contribution in [2.24, 2.45) is 5.84 Å². The van der Waals surface area contributed by atoms with Crippen LogP contribution in [0.15, 0.2) is 82.6 Å². The molecule has 3 rings (SSSR count). The van der Waals surface area contributed by atoms with Crippen LogP contribution < -0.4 is 16.0 Å². The molecule has 0 aliphatic rings. The van der Waals surface area contributed by atoms with E-state index in [9.17, 15) is 18.0 Å². The van der Waals surface area contributed by atoms with Gasteiger partial charge >= 0.3 is 6.18 Å². The molecule has 0 radical (unpaired) electrons. The van der Waals surface area contributed by atoms with E-state index in [1.807, 2.05) is 35.8 Å². The molecule has 0 aliphatic carbocycles. The highest BCUT2D eigenvalue weighted by Crippen LogP contribution is 2.40. The first kappa shape index (κ1) is 20.8. The van der Waals surface area contributed by atoms with Gasteiger partial charge < -0.3 is 4.74 Å². The summed E-state index contributed by atoms with van der Waals surface area (Å²) < 4.78 is 46.2. The lowest BCUT2D eigenvalue weighted by Gasteiger charge is -2.14. The van der Waals surface area contributed by atoms with Gasteiger partial charge in [-0.1, -0.05) is 48.2 Å². The second-order valence-corrected chi connectivity index (χ2v) is 7.15. The quantitative estimate of drug-likeness (QED) is 0.334. The number of nitrogen functional groups attached to an aromatic ring is 1. The molecular formula is C21H17F3N2O2S. The van der Waals surface area contributed by atoms with Gasteiger partial charge in [0.05, 0.1) is 5.56 Å². The summed E-state index contributed by atoms with van der Waals surface area (Å²) in [5.74, 6) is 4.77. The van der Waals surface area contributed by atoms with Crippen LogP contribution in [0.5, 0.6) is 5.75 Å². The van der Waals surface area contributed by atoms with Crippen molar-refractivity contribution in [2.75, 3.05) is 0 Å². The molecule has 0 spiro atoms. The molecule has 0 atom stereocenters. The Morgan fingerprint density at radius 1 is 1.00 bits per heavy atom. The predicted molar refractivity (Wildman–Crippen MR) is 104 cm³/mol. The third kappa shape index (κ3) is 5.52. The van der Waals surface area contributed by atoms with Gasteiger partial charge in [0.1, 0.15) is 12.4 Å². The fourth-order valence-electron chi connectivity index (χ4n) is 2.56. The van der Waals surface area contributed by atoms with Gasteiger partial charge in [0.2, 0.25) is 0 Å². The van der Waals surface area contributed by atoms with Crippen LogP contribution >= 0.6 is 11.8 Å². The van der Waals surface area contributed by atoms with Crippen molar-refractivity contribution in [3.63, 3.8) is 0 Å². The van der Waals surface area contributed by atoms with Crippen molar-refractivity contribution in [1.82, 2.24) is 5.43 Å². The zero-order valence-electron chi connectivity index (χ0n) is 15.1. The molecule has 0 aliphatic heterocycles. The second-order valence-electron chi connectivity index (χ2n) is 6.03. The molecule has 3 aromatic carbocycles. The Morgan fingerprint density at radius 3 is 2.45 bits per heavy atom. The van der Waals surface area contributed by atoms with Crippen LogP contribution in [0.2, 0.25) is 0 Å². The molecule has 4 nitrogen and oxygen atoms in total. The Balaban J connectivity index is 1.81. The third-order valence-electron chi connectivity index (χ3n) is 3.96. The SMILES string of the molecule is NNC(=O)c1ccc(Sc2cccc(OCc3ccccc3)c2)c(C(F)(F)F)c1. The normalized spacial score (nSPS) is 11.2. The topological polar surface area (TPSA) is 64.3 Å². The summed E-state index contributed by atoms with van der Waals surface area (Å²) >= 11 is 0.942.